The Labute approximate surface area is 125 Å². The molecule has 0 amide bonds. The van der Waals surface area contributed by atoms with E-state index in [2.05, 4.69) is 0 Å². The van der Waals surface area contributed by atoms with Crippen LogP contribution >= 0.6 is 0 Å². The highest BCUT2D eigenvalue weighted by molar-refractivity contribution is 5.86. The predicted octanol–water partition coefficient (Wildman–Crippen LogP) is 4.45. The van der Waals surface area contributed by atoms with Gasteiger partial charge in [0, 0.05) is 11.1 Å². The van der Waals surface area contributed by atoms with Gasteiger partial charge in [-0.3, -0.25) is 0 Å². The third-order valence-electron chi connectivity index (χ3n) is 3.55. The van der Waals surface area contributed by atoms with E-state index in [0.29, 0.717) is 22.6 Å². The van der Waals surface area contributed by atoms with Gasteiger partial charge in [0.1, 0.15) is 18.1 Å². The van der Waals surface area contributed by atoms with Gasteiger partial charge in [-0.25, -0.2) is 0 Å². The third kappa shape index (κ3) is 2.54. The number of ether oxygens (including phenoxy) is 2. The third-order valence-corrected chi connectivity index (χ3v) is 3.55. The first-order valence-electron chi connectivity index (χ1n) is 6.67. The Bertz CT molecular complexity index is 715. The van der Waals surface area contributed by atoms with Crippen molar-refractivity contribution in [2.45, 2.75) is 6.18 Å². The Balaban J connectivity index is 2.21. The quantitative estimate of drug-likeness (QED) is 0.816. The molecule has 114 valence electrons. The molecular weight excluding hydrogens is 293 g/mol. The number of rotatable bonds is 2. The summed E-state index contributed by atoms with van der Waals surface area (Å²) >= 11 is 0. The molecule has 0 atom stereocenters. The largest absolute Gasteiger partial charge is 0.497 e. The molecule has 0 radical (unpaired) electrons. The Kier molecular flexibility index (Phi) is 3.56. The first-order chi connectivity index (χ1) is 10.5. The number of hydrogen-bond acceptors (Lipinski definition) is 2. The molecule has 0 saturated heterocycles. The first-order valence-corrected chi connectivity index (χ1v) is 6.67. The van der Waals surface area contributed by atoms with Crippen LogP contribution in [0, 0.1) is 0 Å². The lowest BCUT2D eigenvalue weighted by Gasteiger charge is -2.25. The second kappa shape index (κ2) is 5.40. The average molecular weight is 306 g/mol. The van der Waals surface area contributed by atoms with E-state index < -0.39 is 18.4 Å². The molecule has 2 nitrogen and oxygen atoms in total. The average Bonchev–Trinajstić information content (AvgIpc) is 2.53. The number of alkyl halides is 3. The van der Waals surface area contributed by atoms with E-state index >= 15 is 0 Å². The molecule has 0 fully saturated rings. The highest BCUT2D eigenvalue weighted by atomic mass is 19.4. The summed E-state index contributed by atoms with van der Waals surface area (Å²) in [6.45, 7) is -0.484. The normalized spacial score (nSPS) is 14.4. The fraction of sp³-hybridized carbons (Fsp3) is 0.176. The molecular formula is C17H13F3O2. The van der Waals surface area contributed by atoms with E-state index in [4.69, 9.17) is 9.47 Å². The maximum atomic E-state index is 13.4. The van der Waals surface area contributed by atoms with Gasteiger partial charge in [-0.1, -0.05) is 30.3 Å². The van der Waals surface area contributed by atoms with Crippen LogP contribution in [0.4, 0.5) is 13.2 Å². The van der Waals surface area contributed by atoms with Crippen LogP contribution < -0.4 is 9.47 Å². The second-order valence-corrected chi connectivity index (χ2v) is 4.86. The van der Waals surface area contributed by atoms with Crippen LogP contribution in [-0.2, 0) is 0 Å². The summed E-state index contributed by atoms with van der Waals surface area (Å²) in [5.41, 5.74) is 0.434. The van der Waals surface area contributed by atoms with Crippen LogP contribution in [-0.4, -0.2) is 19.9 Å². The van der Waals surface area contributed by atoms with Gasteiger partial charge in [0.05, 0.1) is 12.7 Å². The lowest BCUT2D eigenvalue weighted by Crippen LogP contribution is -2.24. The minimum Gasteiger partial charge on any atom is -0.497 e. The Morgan fingerprint density at radius 2 is 1.68 bits per heavy atom. The molecule has 0 unspecified atom stereocenters. The van der Waals surface area contributed by atoms with E-state index in [9.17, 15) is 13.2 Å². The lowest BCUT2D eigenvalue weighted by molar-refractivity contribution is -0.0964. The first kappa shape index (κ1) is 14.5. The number of para-hydroxylation sites is 1. The molecule has 0 spiro atoms. The molecule has 0 saturated carbocycles. The molecule has 1 aliphatic rings. The van der Waals surface area contributed by atoms with Gasteiger partial charge in [-0.05, 0) is 23.8 Å². The number of methoxy groups -OCH3 is 1. The Morgan fingerprint density at radius 1 is 1.00 bits per heavy atom. The van der Waals surface area contributed by atoms with Gasteiger partial charge >= 0.3 is 6.18 Å². The maximum Gasteiger partial charge on any atom is 0.416 e. The zero-order valence-electron chi connectivity index (χ0n) is 11.8. The molecule has 0 aromatic heterocycles. The summed E-state index contributed by atoms with van der Waals surface area (Å²) in [6, 6.07) is 13.3. The molecule has 2 aromatic carbocycles. The summed E-state index contributed by atoms with van der Waals surface area (Å²) < 4.78 is 50.4. The van der Waals surface area contributed by atoms with Gasteiger partial charge < -0.3 is 9.47 Å². The van der Waals surface area contributed by atoms with E-state index in [-0.39, 0.29) is 5.57 Å². The van der Waals surface area contributed by atoms with Crippen molar-refractivity contribution < 1.29 is 22.6 Å². The Hall–Kier alpha value is -2.43. The molecule has 2 aromatic rings. The zero-order valence-corrected chi connectivity index (χ0v) is 11.8. The molecule has 0 aliphatic carbocycles. The molecule has 1 aliphatic heterocycles. The predicted molar refractivity (Wildman–Crippen MR) is 77.0 cm³/mol. The molecule has 3 rings (SSSR count). The topological polar surface area (TPSA) is 18.5 Å². The number of fused-ring (bicyclic) bond motifs is 1. The number of benzene rings is 2. The fourth-order valence-electron chi connectivity index (χ4n) is 2.49. The number of halogens is 3. The summed E-state index contributed by atoms with van der Waals surface area (Å²) in [5.74, 6) is 1.06. The monoisotopic (exact) mass is 306 g/mol. The standard InChI is InChI=1S/C17H13F3O2/c1-21-12-8-6-11(7-9-12)16-13-4-2-3-5-15(13)22-10-14(16)17(18,19)20/h2-9H,10H2,1H3. The minimum absolute atomic E-state index is 0.164. The summed E-state index contributed by atoms with van der Waals surface area (Å²) in [7, 11) is 1.51. The van der Waals surface area contributed by atoms with Crippen molar-refractivity contribution in [3.63, 3.8) is 0 Å². The smallest absolute Gasteiger partial charge is 0.416 e. The van der Waals surface area contributed by atoms with Gasteiger partial charge in [0.25, 0.3) is 0 Å². The SMILES string of the molecule is COc1ccc(C2=C(C(F)(F)F)COc3ccccc32)cc1. The van der Waals surface area contributed by atoms with Crippen molar-refractivity contribution in [1.82, 2.24) is 0 Å². The van der Waals surface area contributed by atoms with Crippen molar-refractivity contribution >= 4 is 5.57 Å². The summed E-state index contributed by atoms with van der Waals surface area (Å²) in [4.78, 5) is 0. The zero-order chi connectivity index (χ0) is 15.7. The molecule has 0 N–H and O–H groups in total. The second-order valence-electron chi connectivity index (χ2n) is 4.86. The van der Waals surface area contributed by atoms with Gasteiger partial charge in [-0.15, -0.1) is 0 Å². The van der Waals surface area contributed by atoms with Crippen molar-refractivity contribution in [2.24, 2.45) is 0 Å². The highest BCUT2D eigenvalue weighted by Gasteiger charge is 2.39. The van der Waals surface area contributed by atoms with Crippen LogP contribution in [0.25, 0.3) is 5.57 Å². The van der Waals surface area contributed by atoms with Gasteiger partial charge in [0.15, 0.2) is 0 Å². The van der Waals surface area contributed by atoms with E-state index in [1.165, 1.54) is 7.11 Å². The van der Waals surface area contributed by atoms with Crippen molar-refractivity contribution in [3.8, 4) is 11.5 Å². The van der Waals surface area contributed by atoms with Crippen LogP contribution in [0.5, 0.6) is 11.5 Å². The molecule has 22 heavy (non-hydrogen) atoms. The fourth-order valence-corrected chi connectivity index (χ4v) is 2.49. The van der Waals surface area contributed by atoms with Crippen molar-refractivity contribution in [1.29, 1.82) is 0 Å². The van der Waals surface area contributed by atoms with E-state index in [0.717, 1.165) is 0 Å². The van der Waals surface area contributed by atoms with Crippen LogP contribution in [0.15, 0.2) is 54.1 Å². The van der Waals surface area contributed by atoms with Crippen LogP contribution in [0.2, 0.25) is 0 Å². The Morgan fingerprint density at radius 3 is 2.32 bits per heavy atom. The number of hydrogen-bond donors (Lipinski definition) is 0. The molecule has 0 bridgehead atoms. The minimum atomic E-state index is -4.44. The summed E-state index contributed by atoms with van der Waals surface area (Å²) in [5, 5.41) is 0. The lowest BCUT2D eigenvalue weighted by atomic mass is 9.90. The van der Waals surface area contributed by atoms with E-state index in [1.54, 1.807) is 48.5 Å². The van der Waals surface area contributed by atoms with E-state index in [1.807, 2.05) is 0 Å². The van der Waals surface area contributed by atoms with Gasteiger partial charge in [-0.2, -0.15) is 13.2 Å². The summed E-state index contributed by atoms with van der Waals surface area (Å²) in [6.07, 6.45) is -4.44. The van der Waals surface area contributed by atoms with Crippen molar-refractivity contribution in [3.05, 3.63) is 65.2 Å². The van der Waals surface area contributed by atoms with Gasteiger partial charge in [0.2, 0.25) is 0 Å². The molecule has 5 heteroatoms. The highest BCUT2D eigenvalue weighted by Crippen LogP contribution is 2.43. The van der Waals surface area contributed by atoms with Crippen LogP contribution in [0.3, 0.4) is 0 Å². The van der Waals surface area contributed by atoms with Crippen molar-refractivity contribution in [2.75, 3.05) is 13.7 Å². The molecule has 1 heterocycles. The maximum absolute atomic E-state index is 13.4. The van der Waals surface area contributed by atoms with Crippen LogP contribution in [0.1, 0.15) is 11.1 Å².